The molecule has 0 unspecified atom stereocenters. The van der Waals surface area contributed by atoms with Crippen LogP contribution in [0.3, 0.4) is 0 Å². The van der Waals surface area contributed by atoms with E-state index in [9.17, 15) is 9.59 Å². The number of carbonyl (C=O) groups is 2. The quantitative estimate of drug-likeness (QED) is 0.468. The first-order valence-corrected chi connectivity index (χ1v) is 9.92. The fourth-order valence-electron chi connectivity index (χ4n) is 3.35. The molecule has 6 heteroatoms. The summed E-state index contributed by atoms with van der Waals surface area (Å²) in [5, 5.41) is 6.67. The first-order valence-electron chi connectivity index (χ1n) is 9.92. The van der Waals surface area contributed by atoms with Crippen molar-refractivity contribution < 1.29 is 9.59 Å². The molecule has 2 amide bonds. The van der Waals surface area contributed by atoms with Crippen LogP contribution in [0.25, 0.3) is 22.3 Å². The molecule has 148 valence electrons. The number of hydrogen-bond donors (Lipinski definition) is 3. The number of amides is 2. The van der Waals surface area contributed by atoms with Crippen LogP contribution in [0, 0.1) is 0 Å². The fourth-order valence-corrected chi connectivity index (χ4v) is 3.35. The Balaban J connectivity index is 1.35. The molecular formula is C24H20N4O2. The molecule has 2 heterocycles. The van der Waals surface area contributed by atoms with E-state index < -0.39 is 0 Å². The minimum Gasteiger partial charge on any atom is -0.349 e. The molecule has 1 aliphatic rings. The zero-order valence-electron chi connectivity index (χ0n) is 16.2. The molecule has 0 atom stereocenters. The monoisotopic (exact) mass is 396 g/mol. The summed E-state index contributed by atoms with van der Waals surface area (Å²) in [4.78, 5) is 32.6. The summed E-state index contributed by atoms with van der Waals surface area (Å²) in [5.41, 5.74) is 4.29. The lowest BCUT2D eigenvalue weighted by Crippen LogP contribution is -2.25. The van der Waals surface area contributed by atoms with Crippen LogP contribution in [0.1, 0.15) is 33.6 Å². The van der Waals surface area contributed by atoms with E-state index in [-0.39, 0.29) is 17.9 Å². The molecule has 0 radical (unpaired) electrons. The van der Waals surface area contributed by atoms with Crippen LogP contribution < -0.4 is 10.6 Å². The number of nitrogens with one attached hydrogen (secondary N) is 3. The van der Waals surface area contributed by atoms with Gasteiger partial charge >= 0.3 is 0 Å². The number of pyridine rings is 1. The molecule has 1 aliphatic carbocycles. The van der Waals surface area contributed by atoms with Crippen molar-refractivity contribution in [2.45, 2.75) is 18.9 Å². The lowest BCUT2D eigenvalue weighted by atomic mass is 10.1. The van der Waals surface area contributed by atoms with Gasteiger partial charge in [-0.05, 0) is 48.7 Å². The summed E-state index contributed by atoms with van der Waals surface area (Å²) in [6.45, 7) is 0. The van der Waals surface area contributed by atoms with Crippen LogP contribution >= 0.6 is 0 Å². The lowest BCUT2D eigenvalue weighted by molar-refractivity contribution is 0.0949. The third kappa shape index (κ3) is 3.80. The van der Waals surface area contributed by atoms with E-state index in [1.807, 2.05) is 42.5 Å². The molecule has 1 fully saturated rings. The number of fused-ring (bicyclic) bond motifs is 1. The Morgan fingerprint density at radius 3 is 2.53 bits per heavy atom. The minimum absolute atomic E-state index is 0.113. The van der Waals surface area contributed by atoms with Crippen molar-refractivity contribution in [3.63, 3.8) is 0 Å². The summed E-state index contributed by atoms with van der Waals surface area (Å²) >= 11 is 0. The van der Waals surface area contributed by atoms with Crippen LogP contribution in [-0.4, -0.2) is 27.8 Å². The van der Waals surface area contributed by atoms with Crippen LogP contribution in [-0.2, 0) is 0 Å². The van der Waals surface area contributed by atoms with Gasteiger partial charge in [0.1, 0.15) is 5.65 Å². The van der Waals surface area contributed by atoms with E-state index in [1.165, 1.54) is 0 Å². The topological polar surface area (TPSA) is 86.9 Å². The summed E-state index contributed by atoms with van der Waals surface area (Å²) in [5.74, 6) is -0.385. The van der Waals surface area contributed by atoms with Gasteiger partial charge in [-0.1, -0.05) is 36.4 Å². The second kappa shape index (κ2) is 7.48. The normalized spacial score (nSPS) is 13.2. The second-order valence-corrected chi connectivity index (χ2v) is 7.49. The first-order chi connectivity index (χ1) is 14.7. The third-order valence-electron chi connectivity index (χ3n) is 5.11. The highest BCUT2D eigenvalue weighted by Crippen LogP contribution is 2.24. The molecule has 0 saturated heterocycles. The average Bonchev–Trinajstić information content (AvgIpc) is 3.48. The predicted octanol–water partition coefficient (Wildman–Crippen LogP) is 4.37. The van der Waals surface area contributed by atoms with E-state index in [2.05, 4.69) is 20.6 Å². The Hall–Kier alpha value is -3.93. The molecule has 1 saturated carbocycles. The number of anilines is 1. The molecule has 30 heavy (non-hydrogen) atoms. The third-order valence-corrected chi connectivity index (χ3v) is 5.11. The zero-order valence-corrected chi connectivity index (χ0v) is 16.2. The molecule has 4 aromatic rings. The van der Waals surface area contributed by atoms with E-state index in [4.69, 9.17) is 0 Å². The van der Waals surface area contributed by atoms with Crippen LogP contribution in [0.15, 0.2) is 72.9 Å². The van der Waals surface area contributed by atoms with Crippen molar-refractivity contribution in [2.24, 2.45) is 0 Å². The highest BCUT2D eigenvalue weighted by Gasteiger charge is 2.23. The standard InChI is InChI=1S/C24H20N4O2/c29-23(26-19-9-10-19)16-7-4-8-20(12-16)27-24(30)18-11-17-13-21(28-22(17)25-14-18)15-5-2-1-3-6-15/h1-8,11-14,19H,9-10H2,(H,25,28)(H,26,29)(H,27,30). The van der Waals surface area contributed by atoms with E-state index in [0.717, 1.165) is 35.1 Å². The average molecular weight is 396 g/mol. The van der Waals surface area contributed by atoms with Crippen molar-refractivity contribution in [1.82, 2.24) is 15.3 Å². The van der Waals surface area contributed by atoms with Gasteiger partial charge in [-0.3, -0.25) is 9.59 Å². The van der Waals surface area contributed by atoms with Gasteiger partial charge in [-0.15, -0.1) is 0 Å². The van der Waals surface area contributed by atoms with Crippen molar-refractivity contribution >= 4 is 28.5 Å². The van der Waals surface area contributed by atoms with Crippen molar-refractivity contribution in [2.75, 3.05) is 5.32 Å². The Morgan fingerprint density at radius 2 is 1.73 bits per heavy atom. The maximum atomic E-state index is 12.7. The van der Waals surface area contributed by atoms with Gasteiger partial charge in [0, 0.05) is 34.6 Å². The van der Waals surface area contributed by atoms with Crippen LogP contribution in [0.5, 0.6) is 0 Å². The van der Waals surface area contributed by atoms with Gasteiger partial charge in [-0.2, -0.15) is 0 Å². The minimum atomic E-state index is -0.272. The first kappa shape index (κ1) is 18.1. The Morgan fingerprint density at radius 1 is 0.900 bits per heavy atom. The highest BCUT2D eigenvalue weighted by molar-refractivity contribution is 6.06. The summed E-state index contributed by atoms with van der Waals surface area (Å²) < 4.78 is 0. The van der Waals surface area contributed by atoms with Gasteiger partial charge < -0.3 is 15.6 Å². The summed E-state index contributed by atoms with van der Waals surface area (Å²) in [6.07, 6.45) is 3.61. The van der Waals surface area contributed by atoms with E-state index in [0.29, 0.717) is 16.8 Å². The second-order valence-electron chi connectivity index (χ2n) is 7.49. The fraction of sp³-hybridized carbons (Fsp3) is 0.125. The molecule has 0 aliphatic heterocycles. The molecule has 6 nitrogen and oxygen atoms in total. The number of H-pyrrole nitrogens is 1. The van der Waals surface area contributed by atoms with E-state index in [1.54, 1.807) is 30.5 Å². The number of carbonyl (C=O) groups excluding carboxylic acids is 2. The van der Waals surface area contributed by atoms with Gasteiger partial charge in [0.05, 0.1) is 5.56 Å². The van der Waals surface area contributed by atoms with Crippen molar-refractivity contribution in [1.29, 1.82) is 0 Å². The maximum Gasteiger partial charge on any atom is 0.257 e. The summed E-state index contributed by atoms with van der Waals surface area (Å²) in [6, 6.07) is 21.0. The van der Waals surface area contributed by atoms with Gasteiger partial charge in [0.2, 0.25) is 0 Å². The number of rotatable bonds is 5. The number of hydrogen-bond acceptors (Lipinski definition) is 3. The molecule has 2 aromatic heterocycles. The molecule has 3 N–H and O–H groups in total. The van der Waals surface area contributed by atoms with Gasteiger partial charge in [-0.25, -0.2) is 4.98 Å². The largest absolute Gasteiger partial charge is 0.349 e. The molecular weight excluding hydrogens is 376 g/mol. The number of aromatic nitrogens is 2. The van der Waals surface area contributed by atoms with Crippen molar-refractivity contribution in [3.8, 4) is 11.3 Å². The zero-order chi connectivity index (χ0) is 20.5. The number of aromatic amines is 1. The highest BCUT2D eigenvalue weighted by atomic mass is 16.2. The molecule has 5 rings (SSSR count). The molecule has 0 bridgehead atoms. The Bertz CT molecular complexity index is 1240. The SMILES string of the molecule is O=C(Nc1cccc(C(=O)NC2CC2)c1)c1cnc2[nH]c(-c3ccccc3)cc2c1. The smallest absolute Gasteiger partial charge is 0.257 e. The van der Waals surface area contributed by atoms with Crippen LogP contribution in [0.4, 0.5) is 5.69 Å². The van der Waals surface area contributed by atoms with Gasteiger partial charge in [0.25, 0.3) is 11.8 Å². The van der Waals surface area contributed by atoms with Gasteiger partial charge in [0.15, 0.2) is 0 Å². The lowest BCUT2D eigenvalue weighted by Gasteiger charge is -2.08. The maximum absolute atomic E-state index is 12.7. The van der Waals surface area contributed by atoms with Crippen molar-refractivity contribution in [3.05, 3.63) is 84.1 Å². The predicted molar refractivity (Wildman–Crippen MR) is 116 cm³/mol. The van der Waals surface area contributed by atoms with E-state index >= 15 is 0 Å². The summed E-state index contributed by atoms with van der Waals surface area (Å²) in [7, 11) is 0. The Kier molecular flexibility index (Phi) is 4.52. The number of benzene rings is 2. The number of nitrogens with zero attached hydrogens (tertiary/aromatic N) is 1. The van der Waals surface area contributed by atoms with Crippen LogP contribution in [0.2, 0.25) is 0 Å². The molecule has 0 spiro atoms. The Labute approximate surface area is 173 Å². The molecule has 2 aromatic carbocycles.